The van der Waals surface area contributed by atoms with Crippen molar-refractivity contribution in [3.63, 3.8) is 0 Å². The number of nitrogens with one attached hydrogen (secondary N) is 1. The van der Waals surface area contributed by atoms with Crippen LogP contribution in [0.4, 0.5) is 5.69 Å². The van der Waals surface area contributed by atoms with Crippen LogP contribution < -0.4 is 9.62 Å². The standard InChI is InChI=1S/C33H41Cl2N3O4S/c1-23-14-15-24(2)29(19-23)38(43(6,41)42)18-10-13-31(39)37(22-26-16-17-27(34)28(35)20-26)30(32(40)36-33(3,4)5)21-25-11-8-7-9-12-25/h7-9,11-12,14-17,19-20,30H,10,13,18,21-22H2,1-6H3,(H,36,40)/t30-/m1/s1. The Morgan fingerprint density at radius 1 is 0.907 bits per heavy atom. The zero-order chi connectivity index (χ0) is 31.9. The van der Waals surface area contributed by atoms with Gasteiger partial charge >= 0.3 is 0 Å². The molecule has 7 nitrogen and oxygen atoms in total. The first-order valence-electron chi connectivity index (χ1n) is 14.2. The van der Waals surface area contributed by atoms with Gasteiger partial charge in [-0.15, -0.1) is 0 Å². The van der Waals surface area contributed by atoms with Crippen molar-refractivity contribution in [2.75, 3.05) is 17.1 Å². The summed E-state index contributed by atoms with van der Waals surface area (Å²) < 4.78 is 26.9. The average molecular weight is 647 g/mol. The van der Waals surface area contributed by atoms with E-state index in [0.29, 0.717) is 22.2 Å². The van der Waals surface area contributed by atoms with Crippen molar-refractivity contribution in [1.29, 1.82) is 0 Å². The highest BCUT2D eigenvalue weighted by molar-refractivity contribution is 7.92. The van der Waals surface area contributed by atoms with Crippen molar-refractivity contribution < 1.29 is 18.0 Å². The number of aryl methyl sites for hydroxylation is 2. The van der Waals surface area contributed by atoms with Crippen LogP contribution in [-0.4, -0.2) is 49.5 Å². The molecule has 3 aromatic rings. The number of carbonyl (C=O) groups is 2. The third kappa shape index (κ3) is 10.3. The van der Waals surface area contributed by atoms with Gasteiger partial charge in [-0.2, -0.15) is 0 Å². The maximum absolute atomic E-state index is 14.0. The fourth-order valence-electron chi connectivity index (χ4n) is 4.81. The lowest BCUT2D eigenvalue weighted by Crippen LogP contribution is -2.54. The molecule has 0 unspecified atom stereocenters. The maximum atomic E-state index is 14.0. The lowest BCUT2D eigenvalue weighted by atomic mass is 10.00. The summed E-state index contributed by atoms with van der Waals surface area (Å²) in [6.07, 6.45) is 1.76. The van der Waals surface area contributed by atoms with Crippen molar-refractivity contribution in [3.05, 3.63) is 99.0 Å². The van der Waals surface area contributed by atoms with Gasteiger partial charge < -0.3 is 10.2 Å². The zero-order valence-electron chi connectivity index (χ0n) is 25.7. The average Bonchev–Trinajstić information content (AvgIpc) is 2.91. The van der Waals surface area contributed by atoms with E-state index in [0.717, 1.165) is 22.3 Å². The summed E-state index contributed by atoms with van der Waals surface area (Å²) in [6, 6.07) is 19.5. The minimum absolute atomic E-state index is 0.0340. The molecule has 0 aliphatic rings. The first-order valence-corrected chi connectivity index (χ1v) is 16.8. The van der Waals surface area contributed by atoms with Gasteiger partial charge in [0.2, 0.25) is 21.8 Å². The number of halogens is 2. The molecule has 10 heteroatoms. The Labute approximate surface area is 266 Å². The second-order valence-electron chi connectivity index (χ2n) is 11.9. The van der Waals surface area contributed by atoms with Gasteiger partial charge in [-0.05, 0) is 81.5 Å². The Bertz CT molecular complexity index is 1540. The van der Waals surface area contributed by atoms with Crippen LogP contribution in [0.25, 0.3) is 0 Å². The summed E-state index contributed by atoms with van der Waals surface area (Å²) in [5.74, 6) is -0.552. The van der Waals surface area contributed by atoms with E-state index >= 15 is 0 Å². The monoisotopic (exact) mass is 645 g/mol. The summed E-state index contributed by atoms with van der Waals surface area (Å²) in [4.78, 5) is 29.3. The first-order chi connectivity index (χ1) is 20.0. The van der Waals surface area contributed by atoms with Gasteiger partial charge in [0.25, 0.3) is 0 Å². The second kappa shape index (κ2) is 14.6. The van der Waals surface area contributed by atoms with Crippen molar-refractivity contribution >= 4 is 50.7 Å². The molecule has 0 saturated heterocycles. The van der Waals surface area contributed by atoms with E-state index in [1.54, 1.807) is 23.1 Å². The SMILES string of the molecule is Cc1ccc(C)c(N(CCCC(=O)N(Cc2ccc(Cl)c(Cl)c2)[C@H](Cc2ccccc2)C(=O)NC(C)(C)C)S(C)(=O)=O)c1. The molecular weight excluding hydrogens is 605 g/mol. The number of benzene rings is 3. The molecule has 0 fully saturated rings. The molecular formula is C33H41Cl2N3O4S. The van der Waals surface area contributed by atoms with E-state index in [9.17, 15) is 18.0 Å². The van der Waals surface area contributed by atoms with Crippen LogP contribution in [-0.2, 0) is 32.6 Å². The summed E-state index contributed by atoms with van der Waals surface area (Å²) >= 11 is 12.5. The maximum Gasteiger partial charge on any atom is 0.243 e. The van der Waals surface area contributed by atoms with Gasteiger partial charge in [0, 0.05) is 31.5 Å². The third-order valence-corrected chi connectivity index (χ3v) is 8.81. The molecule has 0 aromatic heterocycles. The molecule has 1 N–H and O–H groups in total. The molecule has 3 rings (SSSR count). The number of anilines is 1. The van der Waals surface area contributed by atoms with Crippen molar-refractivity contribution in [1.82, 2.24) is 10.2 Å². The van der Waals surface area contributed by atoms with Crippen LogP contribution in [0, 0.1) is 13.8 Å². The number of hydrogen-bond donors (Lipinski definition) is 1. The van der Waals surface area contributed by atoms with Crippen LogP contribution in [0.3, 0.4) is 0 Å². The van der Waals surface area contributed by atoms with Crippen LogP contribution in [0.15, 0.2) is 66.7 Å². The predicted molar refractivity (Wildman–Crippen MR) is 176 cm³/mol. The topological polar surface area (TPSA) is 86.8 Å². The molecule has 0 spiro atoms. The Kier molecular flexibility index (Phi) is 11.7. The Morgan fingerprint density at radius 2 is 1.58 bits per heavy atom. The smallest absolute Gasteiger partial charge is 0.243 e. The van der Waals surface area contributed by atoms with Gasteiger partial charge in [0.1, 0.15) is 6.04 Å². The minimum Gasteiger partial charge on any atom is -0.350 e. The molecule has 0 saturated carbocycles. The molecule has 0 bridgehead atoms. The summed E-state index contributed by atoms with van der Waals surface area (Å²) in [7, 11) is -3.61. The highest BCUT2D eigenvalue weighted by atomic mass is 35.5. The largest absolute Gasteiger partial charge is 0.350 e. The van der Waals surface area contributed by atoms with Crippen LogP contribution in [0.2, 0.25) is 10.0 Å². The van der Waals surface area contributed by atoms with Gasteiger partial charge in [-0.1, -0.05) is 71.7 Å². The van der Waals surface area contributed by atoms with E-state index in [1.807, 2.05) is 83.1 Å². The van der Waals surface area contributed by atoms with Crippen molar-refractivity contribution in [2.45, 2.75) is 72.0 Å². The lowest BCUT2D eigenvalue weighted by molar-refractivity contribution is -0.142. The first kappa shape index (κ1) is 34.4. The Morgan fingerprint density at radius 3 is 2.19 bits per heavy atom. The molecule has 232 valence electrons. The number of nitrogens with zero attached hydrogens (tertiary/aromatic N) is 2. The highest BCUT2D eigenvalue weighted by Crippen LogP contribution is 2.26. The molecule has 2 amide bonds. The molecule has 0 heterocycles. The summed E-state index contributed by atoms with van der Waals surface area (Å²) in [5.41, 5.74) is 3.46. The number of hydrogen-bond acceptors (Lipinski definition) is 4. The highest BCUT2D eigenvalue weighted by Gasteiger charge is 2.32. The van der Waals surface area contributed by atoms with E-state index in [2.05, 4.69) is 5.32 Å². The molecule has 0 aliphatic carbocycles. The quantitative estimate of drug-likeness (QED) is 0.237. The van der Waals surface area contributed by atoms with Crippen LogP contribution >= 0.6 is 23.2 Å². The molecule has 1 atom stereocenters. The molecule has 43 heavy (non-hydrogen) atoms. The molecule has 3 aromatic carbocycles. The molecule has 0 radical (unpaired) electrons. The number of amides is 2. The fourth-order valence-corrected chi connectivity index (χ4v) is 6.15. The number of sulfonamides is 1. The minimum atomic E-state index is -3.61. The van der Waals surface area contributed by atoms with Crippen LogP contribution in [0.1, 0.15) is 55.9 Å². The van der Waals surface area contributed by atoms with Crippen molar-refractivity contribution in [3.8, 4) is 0 Å². The van der Waals surface area contributed by atoms with Crippen molar-refractivity contribution in [2.24, 2.45) is 0 Å². The fraction of sp³-hybridized carbons (Fsp3) is 0.394. The van der Waals surface area contributed by atoms with Gasteiger partial charge in [-0.3, -0.25) is 13.9 Å². The second-order valence-corrected chi connectivity index (χ2v) is 14.7. The third-order valence-electron chi connectivity index (χ3n) is 6.89. The Hall–Kier alpha value is -3.07. The van der Waals surface area contributed by atoms with Crippen LogP contribution in [0.5, 0.6) is 0 Å². The van der Waals surface area contributed by atoms with E-state index < -0.39 is 21.6 Å². The van der Waals surface area contributed by atoms with E-state index in [4.69, 9.17) is 23.2 Å². The normalized spacial score (nSPS) is 12.5. The summed E-state index contributed by atoms with van der Waals surface area (Å²) in [6.45, 7) is 9.68. The zero-order valence-corrected chi connectivity index (χ0v) is 28.0. The number of rotatable bonds is 12. The van der Waals surface area contributed by atoms with Gasteiger partial charge in [-0.25, -0.2) is 8.42 Å². The van der Waals surface area contributed by atoms with Gasteiger partial charge in [0.15, 0.2) is 0 Å². The van der Waals surface area contributed by atoms with Gasteiger partial charge in [0.05, 0.1) is 22.0 Å². The number of carbonyl (C=O) groups excluding carboxylic acids is 2. The van der Waals surface area contributed by atoms with E-state index in [1.165, 1.54) is 10.6 Å². The van der Waals surface area contributed by atoms with E-state index in [-0.39, 0.29) is 37.7 Å². The molecule has 0 aliphatic heterocycles. The lowest BCUT2D eigenvalue weighted by Gasteiger charge is -2.34. The Balaban J connectivity index is 1.94. The predicted octanol–water partition coefficient (Wildman–Crippen LogP) is 6.71. The summed E-state index contributed by atoms with van der Waals surface area (Å²) in [5, 5.41) is 3.78.